The number of aliphatic hydroxyl groups excluding tert-OH is 2. The van der Waals surface area contributed by atoms with Gasteiger partial charge in [0.1, 0.15) is 5.75 Å². The summed E-state index contributed by atoms with van der Waals surface area (Å²) in [5, 5.41) is 21.0. The Hall–Kier alpha value is -1.24. The van der Waals surface area contributed by atoms with Crippen molar-refractivity contribution >= 4 is 0 Å². The van der Waals surface area contributed by atoms with E-state index in [4.69, 9.17) is 5.11 Å². The predicted molar refractivity (Wildman–Crippen MR) is 72.0 cm³/mol. The summed E-state index contributed by atoms with van der Waals surface area (Å²) in [7, 11) is 0. The van der Waals surface area contributed by atoms with Crippen molar-refractivity contribution in [1.29, 1.82) is 0 Å². The van der Waals surface area contributed by atoms with Gasteiger partial charge in [-0.2, -0.15) is 8.78 Å². The number of alkyl halides is 2. The fourth-order valence-electron chi connectivity index (χ4n) is 1.72. The van der Waals surface area contributed by atoms with Gasteiger partial charge in [-0.3, -0.25) is 0 Å². The molecule has 0 saturated carbocycles. The van der Waals surface area contributed by atoms with Gasteiger partial charge in [0.25, 0.3) is 0 Å². The monoisotopic (exact) mass is 289 g/mol. The molecule has 2 unspecified atom stereocenters. The molecule has 0 fully saturated rings. The Bertz CT molecular complexity index is 373. The molecule has 0 heterocycles. The van der Waals surface area contributed by atoms with E-state index >= 15 is 0 Å². The van der Waals surface area contributed by atoms with Crippen LogP contribution in [0.1, 0.15) is 18.9 Å². The first-order valence-electron chi connectivity index (χ1n) is 6.57. The number of hydrogen-bond acceptors (Lipinski definition) is 4. The quantitative estimate of drug-likeness (QED) is 0.645. The lowest BCUT2D eigenvalue weighted by atomic mass is 10.1. The maximum Gasteiger partial charge on any atom is 0.387 e. The summed E-state index contributed by atoms with van der Waals surface area (Å²) in [6, 6.07) is 6.75. The number of ether oxygens (including phenoxy) is 1. The van der Waals surface area contributed by atoms with Gasteiger partial charge in [0, 0.05) is 12.6 Å². The van der Waals surface area contributed by atoms with Crippen molar-refractivity contribution in [3.05, 3.63) is 29.8 Å². The first kappa shape index (κ1) is 16.8. The maximum atomic E-state index is 12.0. The number of rotatable bonds is 9. The smallest absolute Gasteiger partial charge is 0.387 e. The summed E-state index contributed by atoms with van der Waals surface area (Å²) in [5.41, 5.74) is 1.03. The van der Waals surface area contributed by atoms with Crippen LogP contribution in [0.15, 0.2) is 24.3 Å². The third-order valence-corrected chi connectivity index (χ3v) is 2.93. The number of benzene rings is 1. The van der Waals surface area contributed by atoms with Crippen molar-refractivity contribution in [3.8, 4) is 5.75 Å². The average molecular weight is 289 g/mol. The van der Waals surface area contributed by atoms with Gasteiger partial charge in [-0.15, -0.1) is 0 Å². The van der Waals surface area contributed by atoms with Crippen LogP contribution in [0.25, 0.3) is 0 Å². The molecule has 0 saturated heterocycles. The molecule has 3 N–H and O–H groups in total. The van der Waals surface area contributed by atoms with Crippen molar-refractivity contribution in [3.63, 3.8) is 0 Å². The minimum atomic E-state index is -2.80. The Kier molecular flexibility index (Phi) is 7.43. The first-order valence-corrected chi connectivity index (χ1v) is 6.57. The average Bonchev–Trinajstić information content (AvgIpc) is 2.43. The van der Waals surface area contributed by atoms with Crippen molar-refractivity contribution in [2.45, 2.75) is 38.5 Å². The Balaban J connectivity index is 2.30. The molecular formula is C14H21F2NO3. The molecule has 1 rings (SSSR count). The lowest BCUT2D eigenvalue weighted by Crippen LogP contribution is -2.35. The predicted octanol–water partition coefficient (Wildman–Crippen LogP) is 1.55. The van der Waals surface area contributed by atoms with Crippen LogP contribution in [0.4, 0.5) is 8.78 Å². The van der Waals surface area contributed by atoms with E-state index in [0.29, 0.717) is 6.54 Å². The van der Waals surface area contributed by atoms with Gasteiger partial charge in [-0.05, 0) is 37.5 Å². The van der Waals surface area contributed by atoms with E-state index in [2.05, 4.69) is 10.1 Å². The standard InChI is InChI=1S/C14H21F2NO3/c1-10(17-8-12(19)9-18)2-3-11-4-6-13(7-5-11)20-14(15)16/h4-7,10,12,14,17-19H,2-3,8-9H2,1H3. The van der Waals surface area contributed by atoms with Crippen LogP contribution >= 0.6 is 0 Å². The van der Waals surface area contributed by atoms with Crippen LogP contribution in [-0.4, -0.2) is 42.1 Å². The molecule has 0 aliphatic rings. The van der Waals surface area contributed by atoms with Crippen molar-refractivity contribution < 1.29 is 23.7 Å². The lowest BCUT2D eigenvalue weighted by molar-refractivity contribution is -0.0498. The third kappa shape index (κ3) is 6.79. The lowest BCUT2D eigenvalue weighted by Gasteiger charge is -2.16. The molecule has 0 aromatic heterocycles. The van der Waals surface area contributed by atoms with Crippen LogP contribution < -0.4 is 10.1 Å². The van der Waals surface area contributed by atoms with E-state index in [1.807, 2.05) is 6.92 Å². The molecule has 4 nitrogen and oxygen atoms in total. The molecule has 0 radical (unpaired) electrons. The van der Waals surface area contributed by atoms with E-state index in [9.17, 15) is 13.9 Å². The highest BCUT2D eigenvalue weighted by atomic mass is 19.3. The number of aryl methyl sites for hydroxylation is 1. The summed E-state index contributed by atoms with van der Waals surface area (Å²) < 4.78 is 28.2. The van der Waals surface area contributed by atoms with Crippen LogP contribution in [0.5, 0.6) is 5.75 Å². The van der Waals surface area contributed by atoms with E-state index in [1.165, 1.54) is 12.1 Å². The molecule has 114 valence electrons. The summed E-state index contributed by atoms with van der Waals surface area (Å²) in [4.78, 5) is 0. The highest BCUT2D eigenvalue weighted by molar-refractivity contribution is 5.27. The third-order valence-electron chi connectivity index (χ3n) is 2.93. The van der Waals surface area contributed by atoms with Gasteiger partial charge in [0.15, 0.2) is 0 Å². The highest BCUT2D eigenvalue weighted by Crippen LogP contribution is 2.16. The summed E-state index contributed by atoms with van der Waals surface area (Å²) in [6.45, 7) is -0.731. The molecule has 1 aromatic rings. The van der Waals surface area contributed by atoms with Gasteiger partial charge in [0.2, 0.25) is 0 Å². The second-order valence-electron chi connectivity index (χ2n) is 4.71. The SMILES string of the molecule is CC(CCc1ccc(OC(F)F)cc1)NCC(O)CO. The minimum absolute atomic E-state index is 0.154. The van der Waals surface area contributed by atoms with Crippen molar-refractivity contribution in [2.24, 2.45) is 0 Å². The largest absolute Gasteiger partial charge is 0.435 e. The fourth-order valence-corrected chi connectivity index (χ4v) is 1.72. The molecular weight excluding hydrogens is 268 g/mol. The van der Waals surface area contributed by atoms with E-state index < -0.39 is 12.7 Å². The minimum Gasteiger partial charge on any atom is -0.435 e. The number of nitrogens with one attached hydrogen (secondary N) is 1. The Morgan fingerprint density at radius 1 is 1.25 bits per heavy atom. The van der Waals surface area contributed by atoms with Crippen LogP contribution in [0, 0.1) is 0 Å². The summed E-state index contributed by atoms with van der Waals surface area (Å²) >= 11 is 0. The van der Waals surface area contributed by atoms with Crippen LogP contribution in [-0.2, 0) is 6.42 Å². The van der Waals surface area contributed by atoms with Crippen LogP contribution in [0.3, 0.4) is 0 Å². The Morgan fingerprint density at radius 2 is 1.90 bits per heavy atom. The van der Waals surface area contributed by atoms with Crippen molar-refractivity contribution in [1.82, 2.24) is 5.32 Å². The molecule has 0 bridgehead atoms. The number of hydrogen-bond donors (Lipinski definition) is 3. The molecule has 0 aliphatic heterocycles. The molecule has 0 spiro atoms. The zero-order valence-electron chi connectivity index (χ0n) is 11.4. The molecule has 2 atom stereocenters. The second kappa shape index (κ2) is 8.84. The van der Waals surface area contributed by atoms with Gasteiger partial charge in [0.05, 0.1) is 12.7 Å². The van der Waals surface area contributed by atoms with Gasteiger partial charge in [-0.25, -0.2) is 0 Å². The zero-order chi connectivity index (χ0) is 15.0. The number of aliphatic hydroxyl groups is 2. The Labute approximate surface area is 117 Å². The first-order chi connectivity index (χ1) is 9.51. The summed E-state index contributed by atoms with van der Waals surface area (Å²) in [5.74, 6) is 0.154. The van der Waals surface area contributed by atoms with E-state index in [-0.39, 0.29) is 18.4 Å². The summed E-state index contributed by atoms with van der Waals surface area (Å²) in [6.07, 6.45) is 0.883. The molecule has 0 amide bonds. The fraction of sp³-hybridized carbons (Fsp3) is 0.571. The van der Waals surface area contributed by atoms with Crippen molar-refractivity contribution in [2.75, 3.05) is 13.2 Å². The van der Waals surface area contributed by atoms with Crippen LogP contribution in [0.2, 0.25) is 0 Å². The molecule has 1 aromatic carbocycles. The zero-order valence-corrected chi connectivity index (χ0v) is 11.4. The Morgan fingerprint density at radius 3 is 2.45 bits per heavy atom. The molecule has 20 heavy (non-hydrogen) atoms. The molecule has 0 aliphatic carbocycles. The maximum absolute atomic E-state index is 12.0. The topological polar surface area (TPSA) is 61.7 Å². The normalized spacial score (nSPS) is 14.3. The van der Waals surface area contributed by atoms with Gasteiger partial charge < -0.3 is 20.3 Å². The van der Waals surface area contributed by atoms with E-state index in [1.54, 1.807) is 12.1 Å². The van der Waals surface area contributed by atoms with E-state index in [0.717, 1.165) is 18.4 Å². The van der Waals surface area contributed by atoms with Gasteiger partial charge >= 0.3 is 6.61 Å². The molecule has 6 heteroatoms. The van der Waals surface area contributed by atoms with Gasteiger partial charge in [-0.1, -0.05) is 12.1 Å². The highest BCUT2D eigenvalue weighted by Gasteiger charge is 2.07. The second-order valence-corrected chi connectivity index (χ2v) is 4.71. The number of halogens is 2.